The SMILES string of the molecule is COCC(C)c1nc(Cl)c(-c2cccc(F)c2)c(Cl)n1. The van der Waals surface area contributed by atoms with E-state index in [1.165, 1.54) is 12.1 Å². The Kier molecular flexibility index (Phi) is 4.91. The molecule has 1 aromatic carbocycles. The monoisotopic (exact) mass is 314 g/mol. The molecule has 1 aromatic heterocycles. The second kappa shape index (κ2) is 6.48. The van der Waals surface area contributed by atoms with Crippen LogP contribution in [0.5, 0.6) is 0 Å². The molecule has 6 heteroatoms. The van der Waals surface area contributed by atoms with Crippen molar-refractivity contribution in [1.82, 2.24) is 9.97 Å². The third-order valence-corrected chi connectivity index (χ3v) is 3.36. The lowest BCUT2D eigenvalue weighted by Gasteiger charge is -2.12. The maximum atomic E-state index is 13.3. The van der Waals surface area contributed by atoms with E-state index in [1.807, 2.05) is 6.92 Å². The maximum absolute atomic E-state index is 13.3. The van der Waals surface area contributed by atoms with E-state index in [1.54, 1.807) is 19.2 Å². The van der Waals surface area contributed by atoms with Crippen LogP contribution in [0.25, 0.3) is 11.1 Å². The van der Waals surface area contributed by atoms with Crippen LogP contribution in [-0.2, 0) is 4.74 Å². The molecule has 0 saturated heterocycles. The Morgan fingerprint density at radius 2 is 1.90 bits per heavy atom. The predicted molar refractivity (Wildman–Crippen MR) is 77.7 cm³/mol. The van der Waals surface area contributed by atoms with Crippen LogP contribution >= 0.6 is 23.2 Å². The number of aromatic nitrogens is 2. The van der Waals surface area contributed by atoms with Gasteiger partial charge < -0.3 is 4.74 Å². The van der Waals surface area contributed by atoms with Crippen molar-refractivity contribution in [2.24, 2.45) is 0 Å². The van der Waals surface area contributed by atoms with Gasteiger partial charge in [0, 0.05) is 13.0 Å². The Labute approximate surface area is 126 Å². The quantitative estimate of drug-likeness (QED) is 0.787. The Bertz CT molecular complexity index is 599. The Hall–Kier alpha value is -1.23. The summed E-state index contributed by atoms with van der Waals surface area (Å²) in [6, 6.07) is 5.98. The number of halogens is 3. The van der Waals surface area contributed by atoms with Gasteiger partial charge >= 0.3 is 0 Å². The summed E-state index contributed by atoms with van der Waals surface area (Å²) in [5, 5.41) is 0.405. The lowest BCUT2D eigenvalue weighted by Crippen LogP contribution is -2.08. The largest absolute Gasteiger partial charge is 0.384 e. The van der Waals surface area contributed by atoms with E-state index in [0.29, 0.717) is 23.6 Å². The number of hydrogen-bond acceptors (Lipinski definition) is 3. The van der Waals surface area contributed by atoms with Crippen LogP contribution < -0.4 is 0 Å². The molecular weight excluding hydrogens is 302 g/mol. The minimum atomic E-state index is -0.369. The molecule has 2 rings (SSSR count). The normalized spacial score (nSPS) is 12.4. The first-order valence-corrected chi connectivity index (χ1v) is 6.76. The van der Waals surface area contributed by atoms with Crippen LogP contribution in [0.2, 0.25) is 10.3 Å². The average Bonchev–Trinajstić information content (AvgIpc) is 2.38. The summed E-state index contributed by atoms with van der Waals surface area (Å²) in [7, 11) is 1.60. The summed E-state index contributed by atoms with van der Waals surface area (Å²) in [5.41, 5.74) is 0.979. The van der Waals surface area contributed by atoms with Crippen LogP contribution in [-0.4, -0.2) is 23.7 Å². The molecule has 0 N–H and O–H groups in total. The minimum Gasteiger partial charge on any atom is -0.384 e. The van der Waals surface area contributed by atoms with Gasteiger partial charge in [-0.1, -0.05) is 42.3 Å². The molecule has 0 aliphatic rings. The second-order valence-electron chi connectivity index (χ2n) is 4.41. The zero-order chi connectivity index (χ0) is 14.7. The molecule has 20 heavy (non-hydrogen) atoms. The average molecular weight is 315 g/mol. The van der Waals surface area contributed by atoms with Gasteiger partial charge in [-0.25, -0.2) is 14.4 Å². The second-order valence-corrected chi connectivity index (χ2v) is 5.12. The minimum absolute atomic E-state index is 0.0310. The summed E-state index contributed by atoms with van der Waals surface area (Å²) >= 11 is 12.3. The highest BCUT2D eigenvalue weighted by molar-refractivity contribution is 6.37. The van der Waals surface area contributed by atoms with Gasteiger partial charge in [0.25, 0.3) is 0 Å². The van der Waals surface area contributed by atoms with E-state index in [9.17, 15) is 4.39 Å². The number of methoxy groups -OCH3 is 1. The Morgan fingerprint density at radius 3 is 2.45 bits per heavy atom. The molecule has 0 amide bonds. The lowest BCUT2D eigenvalue weighted by atomic mass is 10.1. The van der Waals surface area contributed by atoms with E-state index in [0.717, 1.165) is 0 Å². The summed E-state index contributed by atoms with van der Waals surface area (Å²) in [6.45, 7) is 2.37. The summed E-state index contributed by atoms with van der Waals surface area (Å²) < 4.78 is 18.3. The van der Waals surface area contributed by atoms with Gasteiger partial charge in [0.1, 0.15) is 21.9 Å². The third kappa shape index (κ3) is 3.26. The number of benzene rings is 1. The summed E-state index contributed by atoms with van der Waals surface area (Å²) in [6.07, 6.45) is 0. The highest BCUT2D eigenvalue weighted by Gasteiger charge is 2.17. The fourth-order valence-electron chi connectivity index (χ4n) is 1.85. The molecule has 2 aromatic rings. The number of nitrogens with zero attached hydrogens (tertiary/aromatic N) is 2. The summed E-state index contributed by atoms with van der Waals surface area (Å²) in [5.74, 6) is 0.102. The van der Waals surface area contributed by atoms with Crippen LogP contribution in [0, 0.1) is 5.82 Å². The van der Waals surface area contributed by atoms with Gasteiger partial charge in [-0.3, -0.25) is 0 Å². The van der Waals surface area contributed by atoms with Gasteiger partial charge in [-0.15, -0.1) is 0 Å². The van der Waals surface area contributed by atoms with Crippen LogP contribution in [0.4, 0.5) is 4.39 Å². The first-order chi connectivity index (χ1) is 9.52. The van der Waals surface area contributed by atoms with Crippen molar-refractivity contribution in [3.63, 3.8) is 0 Å². The van der Waals surface area contributed by atoms with Crippen molar-refractivity contribution in [1.29, 1.82) is 0 Å². The molecule has 3 nitrogen and oxygen atoms in total. The molecule has 0 fully saturated rings. The molecule has 0 aliphatic heterocycles. The van der Waals surface area contributed by atoms with Crippen molar-refractivity contribution >= 4 is 23.2 Å². The van der Waals surface area contributed by atoms with Crippen molar-refractivity contribution in [2.75, 3.05) is 13.7 Å². The van der Waals surface area contributed by atoms with Gasteiger partial charge in [0.2, 0.25) is 0 Å². The zero-order valence-electron chi connectivity index (χ0n) is 11.0. The van der Waals surface area contributed by atoms with E-state index in [2.05, 4.69) is 9.97 Å². The highest BCUT2D eigenvalue weighted by atomic mass is 35.5. The lowest BCUT2D eigenvalue weighted by molar-refractivity contribution is 0.181. The first kappa shape index (κ1) is 15.2. The number of ether oxygens (including phenoxy) is 1. The standard InChI is InChI=1S/C14H13Cl2FN2O/c1-8(7-20-2)14-18-12(15)11(13(16)19-14)9-4-3-5-10(17)6-9/h3-6,8H,7H2,1-2H3. The van der Waals surface area contributed by atoms with E-state index >= 15 is 0 Å². The number of rotatable bonds is 4. The maximum Gasteiger partial charge on any atom is 0.142 e. The van der Waals surface area contributed by atoms with E-state index in [-0.39, 0.29) is 22.0 Å². The van der Waals surface area contributed by atoms with Gasteiger partial charge in [-0.05, 0) is 17.7 Å². The van der Waals surface area contributed by atoms with Gasteiger partial charge in [0.05, 0.1) is 12.2 Å². The molecule has 0 bridgehead atoms. The molecular formula is C14H13Cl2FN2O. The highest BCUT2D eigenvalue weighted by Crippen LogP contribution is 2.33. The molecule has 0 spiro atoms. The Balaban J connectivity index is 2.46. The van der Waals surface area contributed by atoms with Crippen LogP contribution in [0.15, 0.2) is 24.3 Å². The Morgan fingerprint density at radius 1 is 1.25 bits per heavy atom. The predicted octanol–water partition coefficient (Wildman–Crippen LogP) is 4.34. The molecule has 106 valence electrons. The zero-order valence-corrected chi connectivity index (χ0v) is 12.5. The smallest absolute Gasteiger partial charge is 0.142 e. The van der Waals surface area contributed by atoms with Gasteiger partial charge in [-0.2, -0.15) is 0 Å². The fourth-order valence-corrected chi connectivity index (χ4v) is 2.47. The summed E-state index contributed by atoms with van der Waals surface area (Å²) in [4.78, 5) is 8.45. The molecule has 0 aliphatic carbocycles. The van der Waals surface area contributed by atoms with Crippen molar-refractivity contribution in [2.45, 2.75) is 12.8 Å². The van der Waals surface area contributed by atoms with Crippen LogP contribution in [0.3, 0.4) is 0 Å². The number of hydrogen-bond donors (Lipinski definition) is 0. The van der Waals surface area contributed by atoms with Crippen molar-refractivity contribution < 1.29 is 9.13 Å². The molecule has 1 unspecified atom stereocenters. The van der Waals surface area contributed by atoms with Crippen molar-refractivity contribution in [3.8, 4) is 11.1 Å². The topological polar surface area (TPSA) is 35.0 Å². The van der Waals surface area contributed by atoms with Crippen LogP contribution in [0.1, 0.15) is 18.7 Å². The molecule has 0 radical (unpaired) electrons. The van der Waals surface area contributed by atoms with Crippen molar-refractivity contribution in [3.05, 3.63) is 46.2 Å². The van der Waals surface area contributed by atoms with Gasteiger partial charge in [0.15, 0.2) is 0 Å². The van der Waals surface area contributed by atoms with E-state index < -0.39 is 0 Å². The molecule has 1 atom stereocenters. The molecule has 0 saturated carbocycles. The first-order valence-electron chi connectivity index (χ1n) is 6.00. The third-order valence-electron chi connectivity index (χ3n) is 2.81. The fraction of sp³-hybridized carbons (Fsp3) is 0.286. The molecule has 1 heterocycles. The van der Waals surface area contributed by atoms with E-state index in [4.69, 9.17) is 27.9 Å².